The van der Waals surface area contributed by atoms with Crippen molar-refractivity contribution in [3.8, 4) is 5.75 Å². The number of rotatable bonds is 3. The van der Waals surface area contributed by atoms with Crippen LogP contribution in [-0.4, -0.2) is 13.7 Å². The predicted octanol–water partition coefficient (Wildman–Crippen LogP) is 4.10. The van der Waals surface area contributed by atoms with Gasteiger partial charge in [-0.15, -0.1) is 0 Å². The summed E-state index contributed by atoms with van der Waals surface area (Å²) in [6, 6.07) is 15.1. The monoisotopic (exact) mass is 346 g/mol. The molecule has 1 atom stereocenters. The van der Waals surface area contributed by atoms with E-state index >= 15 is 0 Å². The molecule has 0 radical (unpaired) electrons. The van der Waals surface area contributed by atoms with Crippen molar-refractivity contribution in [2.75, 3.05) is 19.0 Å². The molecule has 0 aliphatic carbocycles. The van der Waals surface area contributed by atoms with Gasteiger partial charge in [0.25, 0.3) is 0 Å². The molecule has 1 unspecified atom stereocenters. The molecule has 0 spiro atoms. The molecule has 1 aliphatic rings. The van der Waals surface area contributed by atoms with E-state index in [9.17, 15) is 0 Å². The molecule has 110 valence electrons. The Balaban J connectivity index is 1.86. The quantitative estimate of drug-likeness (QED) is 0.877. The average Bonchev–Trinajstić information content (AvgIpc) is 2.70. The van der Waals surface area contributed by atoms with E-state index < -0.39 is 0 Å². The zero-order valence-electron chi connectivity index (χ0n) is 12.0. The Morgan fingerprint density at radius 3 is 2.90 bits per heavy atom. The van der Waals surface area contributed by atoms with Crippen molar-refractivity contribution in [3.63, 3.8) is 0 Å². The zero-order valence-corrected chi connectivity index (χ0v) is 13.6. The van der Waals surface area contributed by atoms with Crippen molar-refractivity contribution in [2.45, 2.75) is 19.0 Å². The second-order valence-corrected chi connectivity index (χ2v) is 6.06. The molecule has 3 nitrogen and oxygen atoms in total. The highest BCUT2D eigenvalue weighted by molar-refractivity contribution is 9.10. The molecular weight excluding hydrogens is 328 g/mol. The van der Waals surface area contributed by atoms with Crippen molar-refractivity contribution in [3.05, 3.63) is 58.1 Å². The summed E-state index contributed by atoms with van der Waals surface area (Å²) >= 11 is 3.54. The lowest BCUT2D eigenvalue weighted by Crippen LogP contribution is -2.15. The van der Waals surface area contributed by atoms with E-state index in [4.69, 9.17) is 4.74 Å². The van der Waals surface area contributed by atoms with Crippen LogP contribution in [0.4, 0.5) is 5.69 Å². The van der Waals surface area contributed by atoms with Gasteiger partial charge in [0.1, 0.15) is 5.75 Å². The Kier molecular flexibility index (Phi) is 4.46. The third-order valence-electron chi connectivity index (χ3n) is 3.85. The van der Waals surface area contributed by atoms with Gasteiger partial charge in [-0.3, -0.25) is 0 Å². The van der Waals surface area contributed by atoms with Crippen molar-refractivity contribution in [1.29, 1.82) is 0 Å². The lowest BCUT2D eigenvalue weighted by Gasteiger charge is -2.20. The van der Waals surface area contributed by atoms with E-state index in [1.807, 2.05) is 6.07 Å². The van der Waals surface area contributed by atoms with Crippen molar-refractivity contribution in [2.24, 2.45) is 0 Å². The largest absolute Gasteiger partial charge is 0.496 e. The fraction of sp³-hybridized carbons (Fsp3) is 0.294. The number of anilines is 1. The summed E-state index contributed by atoms with van der Waals surface area (Å²) in [6.45, 7) is 1.96. The Morgan fingerprint density at radius 1 is 1.24 bits per heavy atom. The van der Waals surface area contributed by atoms with Crippen molar-refractivity contribution < 1.29 is 4.74 Å². The predicted molar refractivity (Wildman–Crippen MR) is 89.8 cm³/mol. The molecule has 1 heterocycles. The molecule has 0 aromatic heterocycles. The molecule has 1 aliphatic heterocycles. The maximum Gasteiger partial charge on any atom is 0.133 e. The average molecular weight is 347 g/mol. The molecule has 2 aromatic carbocycles. The Bertz CT molecular complexity index is 630. The van der Waals surface area contributed by atoms with E-state index in [1.54, 1.807) is 7.11 Å². The molecule has 0 bridgehead atoms. The third-order valence-corrected chi connectivity index (χ3v) is 4.47. The van der Waals surface area contributed by atoms with Gasteiger partial charge in [-0.1, -0.05) is 24.3 Å². The minimum atomic E-state index is 0.330. The topological polar surface area (TPSA) is 33.3 Å². The number of hydrogen-bond acceptors (Lipinski definition) is 3. The van der Waals surface area contributed by atoms with Crippen molar-refractivity contribution >= 4 is 21.6 Å². The van der Waals surface area contributed by atoms with Crippen LogP contribution in [-0.2, 0) is 6.54 Å². The first-order chi connectivity index (χ1) is 10.3. The SMILES string of the molecule is COc1ccc(NC2CCNCc3ccccc32)cc1Br. The molecule has 21 heavy (non-hydrogen) atoms. The number of halogens is 1. The van der Waals surface area contributed by atoms with Crippen LogP contribution in [0.15, 0.2) is 46.9 Å². The van der Waals surface area contributed by atoms with Crippen LogP contribution in [0.3, 0.4) is 0 Å². The highest BCUT2D eigenvalue weighted by Crippen LogP contribution is 2.31. The summed E-state index contributed by atoms with van der Waals surface area (Å²) in [5.74, 6) is 0.850. The maximum atomic E-state index is 5.28. The summed E-state index contributed by atoms with van der Waals surface area (Å²) in [7, 11) is 1.68. The van der Waals surface area contributed by atoms with E-state index in [2.05, 4.69) is 63.0 Å². The van der Waals surface area contributed by atoms with E-state index in [0.717, 1.165) is 35.4 Å². The molecule has 0 amide bonds. The first kappa shape index (κ1) is 14.4. The summed E-state index contributed by atoms with van der Waals surface area (Å²) in [4.78, 5) is 0. The zero-order chi connectivity index (χ0) is 14.7. The summed E-state index contributed by atoms with van der Waals surface area (Å²) in [6.07, 6.45) is 1.07. The van der Waals surface area contributed by atoms with Gasteiger partial charge >= 0.3 is 0 Å². The lowest BCUT2D eigenvalue weighted by molar-refractivity contribution is 0.412. The summed E-state index contributed by atoms with van der Waals surface area (Å²) < 4.78 is 6.25. The first-order valence-electron chi connectivity index (χ1n) is 7.16. The van der Waals surface area contributed by atoms with Crippen molar-refractivity contribution in [1.82, 2.24) is 5.32 Å². The van der Waals surface area contributed by atoms with E-state index in [-0.39, 0.29) is 0 Å². The number of nitrogens with one attached hydrogen (secondary N) is 2. The van der Waals surface area contributed by atoms with E-state index in [1.165, 1.54) is 11.1 Å². The molecule has 2 aromatic rings. The standard InChI is InChI=1S/C17H19BrN2O/c1-21-17-7-6-13(10-15(17)18)20-16-8-9-19-11-12-4-2-3-5-14(12)16/h2-7,10,16,19-20H,8-9,11H2,1H3. The van der Waals surface area contributed by atoms with Gasteiger partial charge in [-0.05, 0) is 58.2 Å². The Labute approximate surface area is 133 Å². The molecule has 0 saturated carbocycles. The van der Waals surface area contributed by atoms with Crippen LogP contribution in [0.25, 0.3) is 0 Å². The van der Waals surface area contributed by atoms with Crippen LogP contribution < -0.4 is 15.4 Å². The van der Waals surface area contributed by atoms with Crippen LogP contribution in [0.1, 0.15) is 23.6 Å². The molecule has 3 rings (SSSR count). The maximum absolute atomic E-state index is 5.28. The van der Waals surface area contributed by atoms with Crippen LogP contribution >= 0.6 is 15.9 Å². The van der Waals surface area contributed by atoms with Gasteiger partial charge in [-0.2, -0.15) is 0 Å². The van der Waals surface area contributed by atoms with Gasteiger partial charge in [-0.25, -0.2) is 0 Å². The summed E-state index contributed by atoms with van der Waals surface area (Å²) in [5, 5.41) is 7.12. The minimum Gasteiger partial charge on any atom is -0.496 e. The van der Waals surface area contributed by atoms with Gasteiger partial charge < -0.3 is 15.4 Å². The number of hydrogen-bond donors (Lipinski definition) is 2. The Hall–Kier alpha value is -1.52. The second kappa shape index (κ2) is 6.50. The molecular formula is C17H19BrN2O. The summed E-state index contributed by atoms with van der Waals surface area (Å²) in [5.41, 5.74) is 3.86. The normalized spacial score (nSPS) is 17.7. The van der Waals surface area contributed by atoms with Gasteiger partial charge in [0.05, 0.1) is 17.6 Å². The smallest absolute Gasteiger partial charge is 0.133 e. The van der Waals surface area contributed by atoms with Gasteiger partial charge in [0, 0.05) is 12.2 Å². The van der Waals surface area contributed by atoms with E-state index in [0.29, 0.717) is 6.04 Å². The number of ether oxygens (including phenoxy) is 1. The third kappa shape index (κ3) is 3.22. The van der Waals surface area contributed by atoms with Gasteiger partial charge in [0.2, 0.25) is 0 Å². The van der Waals surface area contributed by atoms with Crippen LogP contribution in [0.2, 0.25) is 0 Å². The van der Waals surface area contributed by atoms with Crippen LogP contribution in [0, 0.1) is 0 Å². The molecule has 4 heteroatoms. The number of benzene rings is 2. The first-order valence-corrected chi connectivity index (χ1v) is 7.96. The number of fused-ring (bicyclic) bond motifs is 1. The molecule has 0 saturated heterocycles. The fourth-order valence-corrected chi connectivity index (χ4v) is 3.31. The highest BCUT2D eigenvalue weighted by Gasteiger charge is 2.18. The fourth-order valence-electron chi connectivity index (χ4n) is 2.77. The lowest BCUT2D eigenvalue weighted by atomic mass is 9.99. The van der Waals surface area contributed by atoms with Crippen LogP contribution in [0.5, 0.6) is 5.75 Å². The highest BCUT2D eigenvalue weighted by atomic mass is 79.9. The molecule has 2 N–H and O–H groups in total. The number of methoxy groups -OCH3 is 1. The minimum absolute atomic E-state index is 0.330. The van der Waals surface area contributed by atoms with Gasteiger partial charge in [0.15, 0.2) is 0 Å². The Morgan fingerprint density at radius 2 is 2.10 bits per heavy atom. The molecule has 0 fully saturated rings. The second-order valence-electron chi connectivity index (χ2n) is 5.21.